The highest BCUT2D eigenvalue weighted by Crippen LogP contribution is 2.36. The molecule has 3 N–H and O–H groups in total. The molecule has 6 heteroatoms. The number of phenols is 1. The quantitative estimate of drug-likeness (QED) is 0.508. The van der Waals surface area contributed by atoms with E-state index in [0.29, 0.717) is 12.0 Å². The number of halogens is 1. The maximum Gasteiger partial charge on any atom is 0.271 e. The number of rotatable bonds is 4. The molecule has 0 aliphatic rings. The average molecular weight is 301 g/mol. The summed E-state index contributed by atoms with van der Waals surface area (Å²) in [6.07, 6.45) is 0.459. The van der Waals surface area contributed by atoms with E-state index >= 15 is 0 Å². The van der Waals surface area contributed by atoms with Crippen molar-refractivity contribution in [1.82, 2.24) is 0 Å². The minimum absolute atomic E-state index is 0.0654. The van der Waals surface area contributed by atoms with Gasteiger partial charge >= 0.3 is 0 Å². The Hall–Kier alpha value is -1.40. The molecule has 92 valence electrons. The number of nitrogens with zero attached hydrogens (tertiary/aromatic N) is 1. The van der Waals surface area contributed by atoms with Crippen molar-refractivity contribution in [3.8, 4) is 5.75 Å². The van der Waals surface area contributed by atoms with Gasteiger partial charge in [0.25, 0.3) is 5.69 Å². The minimum atomic E-state index is -0.527. The molecule has 0 aromatic heterocycles. The van der Waals surface area contributed by atoms with Crippen molar-refractivity contribution in [3.05, 3.63) is 44.4 Å². The van der Waals surface area contributed by atoms with E-state index in [4.69, 9.17) is 5.73 Å². The Morgan fingerprint density at radius 1 is 1.71 bits per heavy atom. The lowest BCUT2D eigenvalue weighted by atomic mass is 10.00. The maximum atomic E-state index is 10.7. The van der Waals surface area contributed by atoms with Crippen molar-refractivity contribution in [2.75, 3.05) is 0 Å². The lowest BCUT2D eigenvalue weighted by Crippen LogP contribution is -2.11. The van der Waals surface area contributed by atoms with Gasteiger partial charge in [-0.3, -0.25) is 10.1 Å². The highest BCUT2D eigenvalue weighted by molar-refractivity contribution is 9.10. The summed E-state index contributed by atoms with van der Waals surface area (Å²) in [5.74, 6) is -0.0654. The van der Waals surface area contributed by atoms with E-state index in [2.05, 4.69) is 22.5 Å². The van der Waals surface area contributed by atoms with Crippen LogP contribution in [0.2, 0.25) is 0 Å². The van der Waals surface area contributed by atoms with Crippen LogP contribution in [0.4, 0.5) is 5.69 Å². The number of nitro groups is 1. The van der Waals surface area contributed by atoms with Crippen LogP contribution in [0, 0.1) is 10.1 Å². The van der Waals surface area contributed by atoms with Crippen molar-refractivity contribution in [1.29, 1.82) is 0 Å². The van der Waals surface area contributed by atoms with Gasteiger partial charge in [0.2, 0.25) is 0 Å². The Morgan fingerprint density at radius 3 is 2.76 bits per heavy atom. The third kappa shape index (κ3) is 3.28. The normalized spacial score (nSPS) is 12.2. The summed E-state index contributed by atoms with van der Waals surface area (Å²) < 4.78 is 0.263. The number of non-ortho nitro benzene ring substituents is 1. The average Bonchev–Trinajstić information content (AvgIpc) is 2.20. The summed E-state index contributed by atoms with van der Waals surface area (Å²) >= 11 is 3.07. The van der Waals surface area contributed by atoms with Crippen molar-refractivity contribution in [3.63, 3.8) is 0 Å². The number of benzene rings is 1. The van der Waals surface area contributed by atoms with Crippen LogP contribution in [-0.2, 0) is 0 Å². The molecule has 5 nitrogen and oxygen atoms in total. The second-order valence-corrected chi connectivity index (χ2v) is 4.74. The first-order chi connectivity index (χ1) is 7.82. The van der Waals surface area contributed by atoms with Crippen molar-refractivity contribution < 1.29 is 10.0 Å². The Balaban J connectivity index is 3.22. The molecule has 0 fully saturated rings. The van der Waals surface area contributed by atoms with Crippen LogP contribution in [0.5, 0.6) is 5.75 Å². The first-order valence-corrected chi connectivity index (χ1v) is 5.69. The molecule has 0 aliphatic carbocycles. The van der Waals surface area contributed by atoms with E-state index in [1.165, 1.54) is 12.1 Å². The molecule has 0 bridgehead atoms. The Labute approximate surface area is 107 Å². The van der Waals surface area contributed by atoms with Crippen LogP contribution in [0.25, 0.3) is 0 Å². The van der Waals surface area contributed by atoms with Gasteiger partial charge in [0.1, 0.15) is 5.75 Å². The summed E-state index contributed by atoms with van der Waals surface area (Å²) in [4.78, 5) is 10.2. The molecule has 0 amide bonds. The fraction of sp³-hybridized carbons (Fsp3) is 0.273. The van der Waals surface area contributed by atoms with E-state index in [-0.39, 0.29) is 15.9 Å². The molecule has 0 saturated carbocycles. The number of aromatic hydroxyl groups is 1. The molecule has 1 aromatic rings. The molecule has 0 aliphatic heterocycles. The molecule has 0 spiro atoms. The fourth-order valence-electron chi connectivity index (χ4n) is 1.48. The largest absolute Gasteiger partial charge is 0.506 e. The third-order valence-electron chi connectivity index (χ3n) is 2.26. The number of hydrogen-bond acceptors (Lipinski definition) is 4. The highest BCUT2D eigenvalue weighted by atomic mass is 79.9. The SMILES string of the molecule is C=C(C)C[C@@H](N)c1cc([N+](=O)[O-])cc(Br)c1O. The van der Waals surface area contributed by atoms with Gasteiger partial charge in [0.15, 0.2) is 0 Å². The zero-order chi connectivity index (χ0) is 13.2. The summed E-state index contributed by atoms with van der Waals surface area (Å²) in [6.45, 7) is 5.53. The van der Waals surface area contributed by atoms with Crippen LogP contribution in [-0.4, -0.2) is 10.0 Å². The van der Waals surface area contributed by atoms with Crippen LogP contribution < -0.4 is 5.73 Å². The predicted octanol–water partition coefficient (Wildman–Crippen LogP) is 3.03. The maximum absolute atomic E-state index is 10.7. The molecule has 0 heterocycles. The minimum Gasteiger partial charge on any atom is -0.506 e. The molecule has 0 saturated heterocycles. The van der Waals surface area contributed by atoms with Crippen molar-refractivity contribution in [2.24, 2.45) is 5.73 Å². The zero-order valence-electron chi connectivity index (χ0n) is 9.31. The van der Waals surface area contributed by atoms with Gasteiger partial charge in [-0.05, 0) is 29.3 Å². The summed E-state index contributed by atoms with van der Waals surface area (Å²) in [7, 11) is 0. The second kappa shape index (κ2) is 5.29. The predicted molar refractivity (Wildman–Crippen MR) is 68.8 cm³/mol. The molecular weight excluding hydrogens is 288 g/mol. The highest BCUT2D eigenvalue weighted by Gasteiger charge is 2.19. The van der Waals surface area contributed by atoms with Gasteiger partial charge in [0.05, 0.1) is 9.40 Å². The number of nitrogens with two attached hydrogens (primary N) is 1. The second-order valence-electron chi connectivity index (χ2n) is 3.89. The monoisotopic (exact) mass is 300 g/mol. The van der Waals surface area contributed by atoms with Crippen molar-refractivity contribution >= 4 is 21.6 Å². The van der Waals surface area contributed by atoms with E-state index in [0.717, 1.165) is 5.57 Å². The summed E-state index contributed by atoms with van der Waals surface area (Å²) in [5, 5.41) is 20.5. The van der Waals surface area contributed by atoms with Crippen LogP contribution in [0.1, 0.15) is 24.9 Å². The summed E-state index contributed by atoms with van der Waals surface area (Å²) in [5.41, 5.74) is 6.95. The molecule has 0 unspecified atom stereocenters. The topological polar surface area (TPSA) is 89.4 Å². The lowest BCUT2D eigenvalue weighted by Gasteiger charge is -2.14. The summed E-state index contributed by atoms with van der Waals surface area (Å²) in [6, 6.07) is 2.02. The molecule has 1 aromatic carbocycles. The van der Waals surface area contributed by atoms with E-state index < -0.39 is 11.0 Å². The molecule has 0 radical (unpaired) electrons. The van der Waals surface area contributed by atoms with Gasteiger partial charge in [-0.25, -0.2) is 0 Å². The van der Waals surface area contributed by atoms with Gasteiger partial charge < -0.3 is 10.8 Å². The van der Waals surface area contributed by atoms with E-state index in [1.54, 1.807) is 0 Å². The number of nitro benzene ring substituents is 1. The van der Waals surface area contributed by atoms with Gasteiger partial charge in [-0.1, -0.05) is 5.57 Å². The Kier molecular flexibility index (Phi) is 4.25. The van der Waals surface area contributed by atoms with E-state index in [1.807, 2.05) is 6.92 Å². The van der Waals surface area contributed by atoms with E-state index in [9.17, 15) is 15.2 Å². The van der Waals surface area contributed by atoms with Crippen LogP contribution in [0.3, 0.4) is 0 Å². The van der Waals surface area contributed by atoms with Gasteiger partial charge in [0, 0.05) is 23.7 Å². The van der Waals surface area contributed by atoms with Crippen LogP contribution >= 0.6 is 15.9 Å². The molecule has 1 atom stereocenters. The van der Waals surface area contributed by atoms with Gasteiger partial charge in [-0.2, -0.15) is 0 Å². The fourth-order valence-corrected chi connectivity index (χ4v) is 1.94. The molecule has 17 heavy (non-hydrogen) atoms. The third-order valence-corrected chi connectivity index (χ3v) is 2.86. The first kappa shape index (κ1) is 13.7. The zero-order valence-corrected chi connectivity index (χ0v) is 10.9. The van der Waals surface area contributed by atoms with Crippen molar-refractivity contribution in [2.45, 2.75) is 19.4 Å². The smallest absolute Gasteiger partial charge is 0.271 e. The lowest BCUT2D eigenvalue weighted by molar-refractivity contribution is -0.385. The first-order valence-electron chi connectivity index (χ1n) is 4.89. The molecular formula is C11H13BrN2O3. The number of phenolic OH excluding ortho intramolecular Hbond substituents is 1. The standard InChI is InChI=1S/C11H13BrN2O3/c1-6(2)3-10(13)8-4-7(14(16)17)5-9(12)11(8)15/h4-5,10,15H,1,3,13H2,2H3/t10-/m1/s1. The Morgan fingerprint density at radius 2 is 2.29 bits per heavy atom. The Bertz CT molecular complexity index is 474. The number of hydrogen-bond donors (Lipinski definition) is 2. The molecule has 1 rings (SSSR count). The van der Waals surface area contributed by atoms with Gasteiger partial charge in [-0.15, -0.1) is 6.58 Å². The van der Waals surface area contributed by atoms with Crippen LogP contribution in [0.15, 0.2) is 28.8 Å².